The van der Waals surface area contributed by atoms with E-state index in [0.29, 0.717) is 11.3 Å². The van der Waals surface area contributed by atoms with Crippen molar-refractivity contribution >= 4 is 17.7 Å². The van der Waals surface area contributed by atoms with E-state index in [1.165, 1.54) is 6.92 Å². The van der Waals surface area contributed by atoms with Gasteiger partial charge in [-0.05, 0) is 39.3 Å². The third kappa shape index (κ3) is 3.72. The van der Waals surface area contributed by atoms with Gasteiger partial charge in [-0.1, -0.05) is 22.9 Å². The number of nitrogens with one attached hydrogen (secondary N) is 1. The molecule has 0 aliphatic heterocycles. The number of ether oxygens (including phenoxy) is 1. The van der Waals surface area contributed by atoms with Gasteiger partial charge in [0.1, 0.15) is 5.76 Å². The molecular weight excluding hydrogens is 284 g/mol. The average molecular weight is 302 g/mol. The minimum Gasteiger partial charge on any atom is -0.449 e. The topological polar surface area (TPSA) is 81.4 Å². The lowest BCUT2D eigenvalue weighted by molar-refractivity contribution is -0.123. The lowest BCUT2D eigenvalue weighted by atomic mass is 10.1. The minimum atomic E-state index is -0.940. The van der Waals surface area contributed by atoms with Crippen molar-refractivity contribution in [1.29, 1.82) is 0 Å². The molecule has 2 rings (SSSR count). The van der Waals surface area contributed by atoms with E-state index in [-0.39, 0.29) is 5.82 Å². The van der Waals surface area contributed by atoms with Gasteiger partial charge in [0.15, 0.2) is 11.9 Å². The summed E-state index contributed by atoms with van der Waals surface area (Å²) in [6.07, 6.45) is -0.940. The molecule has 6 nitrogen and oxygen atoms in total. The molecule has 0 unspecified atom stereocenters. The van der Waals surface area contributed by atoms with Crippen LogP contribution in [0, 0.1) is 20.8 Å². The first kappa shape index (κ1) is 15.8. The number of carbonyl (C=O) groups excluding carboxylic acids is 2. The average Bonchev–Trinajstić information content (AvgIpc) is 2.83. The summed E-state index contributed by atoms with van der Waals surface area (Å²) >= 11 is 0. The molecule has 1 N–H and O–H groups in total. The number of benzene rings is 1. The van der Waals surface area contributed by atoms with E-state index in [0.717, 1.165) is 11.1 Å². The lowest BCUT2D eigenvalue weighted by Crippen LogP contribution is -2.30. The first-order valence-electron chi connectivity index (χ1n) is 6.89. The van der Waals surface area contributed by atoms with Crippen molar-refractivity contribution in [3.8, 4) is 0 Å². The van der Waals surface area contributed by atoms with Crippen LogP contribution in [-0.2, 0) is 9.53 Å². The standard InChI is InChI=1S/C16H18N2O4/c1-9-5-6-13(10(2)7-9)16(20)21-12(4)15(19)17-14-8-11(3)22-18-14/h5-8,12H,1-4H3,(H,17,18,19)/t12-/m1/s1. The number of aryl methyl sites for hydroxylation is 3. The SMILES string of the molecule is Cc1ccc(C(=O)O[C@H](C)C(=O)Nc2cc(C)on2)c(C)c1. The van der Waals surface area contributed by atoms with Crippen LogP contribution < -0.4 is 5.32 Å². The molecule has 116 valence electrons. The van der Waals surface area contributed by atoms with E-state index >= 15 is 0 Å². The summed E-state index contributed by atoms with van der Waals surface area (Å²) < 4.78 is 10.0. The van der Waals surface area contributed by atoms with Crippen molar-refractivity contribution in [2.75, 3.05) is 5.32 Å². The zero-order valence-corrected chi connectivity index (χ0v) is 13.0. The van der Waals surface area contributed by atoms with Crippen LogP contribution in [0.4, 0.5) is 5.82 Å². The maximum atomic E-state index is 12.1. The van der Waals surface area contributed by atoms with Gasteiger partial charge in [-0.2, -0.15) is 0 Å². The Bertz CT molecular complexity index is 706. The molecule has 1 atom stereocenters. The summed E-state index contributed by atoms with van der Waals surface area (Å²) in [5.74, 6) is -0.130. The molecule has 0 aliphatic carbocycles. The van der Waals surface area contributed by atoms with Crippen molar-refractivity contribution < 1.29 is 18.8 Å². The van der Waals surface area contributed by atoms with E-state index in [1.807, 2.05) is 26.0 Å². The first-order valence-corrected chi connectivity index (χ1v) is 6.89. The Morgan fingerprint density at radius 3 is 2.55 bits per heavy atom. The number of anilines is 1. The minimum absolute atomic E-state index is 0.289. The van der Waals surface area contributed by atoms with Crippen molar-refractivity contribution in [1.82, 2.24) is 5.16 Å². The van der Waals surface area contributed by atoms with Crippen LogP contribution in [0.15, 0.2) is 28.8 Å². The van der Waals surface area contributed by atoms with Gasteiger partial charge in [-0.3, -0.25) is 4.79 Å². The predicted octanol–water partition coefficient (Wildman–Crippen LogP) is 2.78. The van der Waals surface area contributed by atoms with Crippen LogP contribution in [0.2, 0.25) is 0 Å². The highest BCUT2D eigenvalue weighted by Crippen LogP contribution is 2.14. The van der Waals surface area contributed by atoms with Crippen LogP contribution in [-0.4, -0.2) is 23.1 Å². The third-order valence-electron chi connectivity index (χ3n) is 3.13. The van der Waals surface area contributed by atoms with Crippen LogP contribution in [0.25, 0.3) is 0 Å². The van der Waals surface area contributed by atoms with Gasteiger partial charge < -0.3 is 14.6 Å². The summed E-state index contributed by atoms with van der Waals surface area (Å²) in [5, 5.41) is 6.17. The second-order valence-corrected chi connectivity index (χ2v) is 5.18. The van der Waals surface area contributed by atoms with E-state index in [9.17, 15) is 9.59 Å². The highest BCUT2D eigenvalue weighted by atomic mass is 16.5. The third-order valence-corrected chi connectivity index (χ3v) is 3.13. The zero-order chi connectivity index (χ0) is 16.3. The van der Waals surface area contributed by atoms with Gasteiger partial charge in [-0.25, -0.2) is 4.79 Å². The van der Waals surface area contributed by atoms with Gasteiger partial charge in [0.05, 0.1) is 5.56 Å². The number of carbonyl (C=O) groups is 2. The Balaban J connectivity index is 1.99. The maximum absolute atomic E-state index is 12.1. The molecule has 6 heteroatoms. The maximum Gasteiger partial charge on any atom is 0.339 e. The molecule has 0 saturated carbocycles. The van der Waals surface area contributed by atoms with E-state index < -0.39 is 18.0 Å². The molecule has 22 heavy (non-hydrogen) atoms. The molecular formula is C16H18N2O4. The Morgan fingerprint density at radius 1 is 1.23 bits per heavy atom. The summed E-state index contributed by atoms with van der Waals surface area (Å²) in [4.78, 5) is 24.1. The number of hydrogen-bond donors (Lipinski definition) is 1. The monoisotopic (exact) mass is 302 g/mol. The van der Waals surface area contributed by atoms with Gasteiger partial charge in [0.25, 0.3) is 5.91 Å². The Kier molecular flexibility index (Phi) is 4.60. The van der Waals surface area contributed by atoms with Crippen LogP contribution in [0.5, 0.6) is 0 Å². The lowest BCUT2D eigenvalue weighted by Gasteiger charge is -2.13. The smallest absolute Gasteiger partial charge is 0.339 e. The second-order valence-electron chi connectivity index (χ2n) is 5.18. The molecule has 0 bridgehead atoms. The Labute approximate surface area is 128 Å². The highest BCUT2D eigenvalue weighted by molar-refractivity contribution is 5.97. The molecule has 0 radical (unpaired) electrons. The predicted molar refractivity (Wildman–Crippen MR) is 80.7 cm³/mol. The molecule has 0 aliphatic rings. The Morgan fingerprint density at radius 2 is 1.95 bits per heavy atom. The second kappa shape index (κ2) is 6.43. The molecule has 1 amide bonds. The number of rotatable bonds is 4. The fourth-order valence-corrected chi connectivity index (χ4v) is 1.97. The van der Waals surface area contributed by atoms with E-state index in [2.05, 4.69) is 10.5 Å². The van der Waals surface area contributed by atoms with E-state index in [4.69, 9.17) is 9.26 Å². The summed E-state index contributed by atoms with van der Waals surface area (Å²) in [6, 6.07) is 6.99. The van der Waals surface area contributed by atoms with Crippen LogP contribution >= 0.6 is 0 Å². The van der Waals surface area contributed by atoms with Gasteiger partial charge in [-0.15, -0.1) is 0 Å². The summed E-state index contributed by atoms with van der Waals surface area (Å²) in [7, 11) is 0. The van der Waals surface area contributed by atoms with Crippen LogP contribution in [0.1, 0.15) is 34.2 Å². The summed E-state index contributed by atoms with van der Waals surface area (Å²) in [6.45, 7) is 6.99. The quantitative estimate of drug-likeness (QED) is 0.878. The zero-order valence-electron chi connectivity index (χ0n) is 13.0. The number of aromatic nitrogens is 1. The first-order chi connectivity index (χ1) is 10.4. The molecule has 0 spiro atoms. The molecule has 2 aromatic rings. The summed E-state index contributed by atoms with van der Waals surface area (Å²) in [5.41, 5.74) is 2.31. The Hall–Kier alpha value is -2.63. The van der Waals surface area contributed by atoms with E-state index in [1.54, 1.807) is 19.1 Å². The highest BCUT2D eigenvalue weighted by Gasteiger charge is 2.21. The van der Waals surface area contributed by atoms with Gasteiger partial charge in [0.2, 0.25) is 0 Å². The molecule has 1 heterocycles. The molecule has 1 aromatic heterocycles. The van der Waals surface area contributed by atoms with Gasteiger partial charge >= 0.3 is 5.97 Å². The fraction of sp³-hybridized carbons (Fsp3) is 0.312. The van der Waals surface area contributed by atoms with Crippen molar-refractivity contribution in [2.45, 2.75) is 33.8 Å². The fourth-order valence-electron chi connectivity index (χ4n) is 1.97. The molecule has 1 aromatic carbocycles. The molecule has 0 fully saturated rings. The number of hydrogen-bond acceptors (Lipinski definition) is 5. The number of esters is 1. The largest absolute Gasteiger partial charge is 0.449 e. The molecule has 0 saturated heterocycles. The van der Waals surface area contributed by atoms with Crippen molar-refractivity contribution in [3.63, 3.8) is 0 Å². The van der Waals surface area contributed by atoms with Crippen molar-refractivity contribution in [2.24, 2.45) is 0 Å². The van der Waals surface area contributed by atoms with Crippen LogP contribution in [0.3, 0.4) is 0 Å². The number of amides is 1. The van der Waals surface area contributed by atoms with Gasteiger partial charge in [0, 0.05) is 6.07 Å². The normalized spacial score (nSPS) is 11.8. The number of nitrogens with zero attached hydrogens (tertiary/aromatic N) is 1. The van der Waals surface area contributed by atoms with Crippen molar-refractivity contribution in [3.05, 3.63) is 46.7 Å².